The summed E-state index contributed by atoms with van der Waals surface area (Å²) >= 11 is 0. The highest BCUT2D eigenvalue weighted by Crippen LogP contribution is 2.60. The SMILES string of the molecule is Cn1nnnc1-c1ccc(C(=O)OC2CCCCC2)cc1.Cn1nnnc1-c1ccc(C(=O)OCC23CC4CC(CC(C4)C2)C3)cc1. The van der Waals surface area contributed by atoms with Gasteiger partial charge < -0.3 is 9.47 Å². The second-order valence-corrected chi connectivity index (χ2v) is 14.1. The van der Waals surface area contributed by atoms with Crippen LogP contribution in [0.3, 0.4) is 0 Å². The molecule has 0 aliphatic heterocycles. The maximum absolute atomic E-state index is 12.5. The van der Waals surface area contributed by atoms with Gasteiger partial charge in [-0.1, -0.05) is 30.7 Å². The predicted octanol–water partition coefficient (Wildman–Crippen LogP) is 5.62. The molecule has 0 saturated heterocycles. The minimum Gasteiger partial charge on any atom is -0.462 e. The van der Waals surface area contributed by atoms with Crippen LogP contribution in [0.15, 0.2) is 48.5 Å². The van der Waals surface area contributed by atoms with E-state index < -0.39 is 0 Å². The van der Waals surface area contributed by atoms with Gasteiger partial charge in [0.25, 0.3) is 0 Å². The summed E-state index contributed by atoms with van der Waals surface area (Å²) < 4.78 is 14.5. The molecular weight excluding hydrogens is 596 g/mol. The van der Waals surface area contributed by atoms with Gasteiger partial charge in [0.2, 0.25) is 0 Å². The van der Waals surface area contributed by atoms with Crippen molar-refractivity contribution < 1.29 is 19.1 Å². The number of ether oxygens (including phenoxy) is 2. The minimum atomic E-state index is -0.246. The van der Waals surface area contributed by atoms with Crippen LogP contribution in [-0.4, -0.2) is 65.1 Å². The van der Waals surface area contributed by atoms with Crippen LogP contribution in [0, 0.1) is 23.2 Å². The van der Waals surface area contributed by atoms with Gasteiger partial charge in [0.1, 0.15) is 6.10 Å². The van der Waals surface area contributed by atoms with Gasteiger partial charge in [-0.05, 0) is 127 Å². The Labute approximate surface area is 274 Å². The van der Waals surface area contributed by atoms with E-state index in [-0.39, 0.29) is 23.5 Å². The van der Waals surface area contributed by atoms with E-state index in [2.05, 4.69) is 31.1 Å². The molecule has 2 heterocycles. The van der Waals surface area contributed by atoms with Gasteiger partial charge in [-0.2, -0.15) is 0 Å². The van der Waals surface area contributed by atoms with Crippen LogP contribution in [0.25, 0.3) is 22.8 Å². The molecular formula is C35H42N8O4. The topological polar surface area (TPSA) is 140 Å². The lowest BCUT2D eigenvalue weighted by atomic mass is 9.50. The standard InChI is InChI=1S/C20H24N4O2.C15H18N4O2/c1-24-18(21-22-23-24)16-2-4-17(5-3-16)19(25)26-12-20-9-13-6-14(10-20)8-15(7-13)11-20;1-19-14(16-17-18-19)11-7-9-12(10-8-11)15(20)21-13-5-3-2-4-6-13/h2-5,13-15H,6-12H2,1H3;7-10,13H,2-6H2,1H3. The van der Waals surface area contributed by atoms with Crippen molar-refractivity contribution in [3.05, 3.63) is 59.7 Å². The second-order valence-electron chi connectivity index (χ2n) is 14.1. The summed E-state index contributed by atoms with van der Waals surface area (Å²) in [7, 11) is 3.57. The molecule has 0 spiro atoms. The van der Waals surface area contributed by atoms with E-state index >= 15 is 0 Å². The molecule has 246 valence electrons. The van der Waals surface area contributed by atoms with E-state index in [1.54, 1.807) is 47.7 Å². The smallest absolute Gasteiger partial charge is 0.338 e. The van der Waals surface area contributed by atoms with Crippen molar-refractivity contribution in [2.75, 3.05) is 6.61 Å². The first kappa shape index (κ1) is 31.1. The van der Waals surface area contributed by atoms with Crippen LogP contribution in [0.5, 0.6) is 0 Å². The lowest BCUT2D eigenvalue weighted by Crippen LogP contribution is -2.48. The summed E-state index contributed by atoms with van der Waals surface area (Å²) in [6.45, 7) is 0.588. The molecule has 4 bridgehead atoms. The third-order valence-corrected chi connectivity index (χ3v) is 10.5. The molecule has 5 saturated carbocycles. The van der Waals surface area contributed by atoms with E-state index in [1.807, 2.05) is 24.3 Å². The van der Waals surface area contributed by atoms with Crippen molar-refractivity contribution >= 4 is 11.9 Å². The van der Waals surface area contributed by atoms with E-state index in [4.69, 9.17) is 9.47 Å². The Balaban J connectivity index is 0.000000153. The van der Waals surface area contributed by atoms with Crippen LogP contribution in [0.4, 0.5) is 0 Å². The monoisotopic (exact) mass is 638 g/mol. The van der Waals surface area contributed by atoms with Gasteiger partial charge in [0.05, 0.1) is 17.7 Å². The molecule has 47 heavy (non-hydrogen) atoms. The third kappa shape index (κ3) is 6.96. The number of hydrogen-bond donors (Lipinski definition) is 0. The number of carbonyl (C=O) groups is 2. The Kier molecular flexibility index (Phi) is 8.83. The summed E-state index contributed by atoms with van der Waals surface area (Å²) in [5.74, 6) is 3.51. The summed E-state index contributed by atoms with van der Waals surface area (Å²) in [6.07, 6.45) is 13.6. The molecule has 0 amide bonds. The first-order valence-electron chi connectivity index (χ1n) is 16.9. The summed E-state index contributed by atoms with van der Waals surface area (Å²) in [4.78, 5) is 24.6. The van der Waals surface area contributed by atoms with Crippen LogP contribution >= 0.6 is 0 Å². The average Bonchev–Trinajstić information content (AvgIpc) is 3.71. The number of benzene rings is 2. The number of aryl methyl sites for hydroxylation is 2. The lowest BCUT2D eigenvalue weighted by Gasteiger charge is -2.56. The van der Waals surface area contributed by atoms with E-state index in [0.717, 1.165) is 54.6 Å². The normalized spacial score (nSPS) is 24.8. The summed E-state index contributed by atoms with van der Waals surface area (Å²) in [5, 5.41) is 22.8. The molecule has 0 N–H and O–H groups in total. The fourth-order valence-electron chi connectivity index (χ4n) is 8.63. The summed E-state index contributed by atoms with van der Waals surface area (Å²) in [5.41, 5.74) is 3.18. The minimum absolute atomic E-state index is 0.0777. The van der Waals surface area contributed by atoms with Crippen LogP contribution in [0.2, 0.25) is 0 Å². The van der Waals surface area contributed by atoms with E-state index in [9.17, 15) is 9.59 Å². The number of nitrogens with zero attached hydrogens (tertiary/aromatic N) is 8. The molecule has 5 fully saturated rings. The first-order chi connectivity index (χ1) is 22.8. The van der Waals surface area contributed by atoms with Gasteiger partial charge in [-0.25, -0.2) is 19.0 Å². The predicted molar refractivity (Wildman–Crippen MR) is 172 cm³/mol. The van der Waals surface area contributed by atoms with Crippen molar-refractivity contribution in [1.29, 1.82) is 0 Å². The summed E-state index contributed by atoms with van der Waals surface area (Å²) in [6, 6.07) is 14.5. The molecule has 2 aromatic carbocycles. The number of tetrazole rings is 2. The zero-order valence-electron chi connectivity index (χ0n) is 27.1. The van der Waals surface area contributed by atoms with Gasteiger partial charge in [-0.3, -0.25) is 0 Å². The Morgan fingerprint density at radius 3 is 1.62 bits per heavy atom. The van der Waals surface area contributed by atoms with Crippen LogP contribution in [-0.2, 0) is 23.6 Å². The number of aromatic nitrogens is 8. The van der Waals surface area contributed by atoms with Crippen molar-refractivity contribution in [3.63, 3.8) is 0 Å². The van der Waals surface area contributed by atoms with Crippen LogP contribution in [0.1, 0.15) is 91.3 Å². The molecule has 4 aromatic rings. The fraction of sp³-hybridized carbons (Fsp3) is 0.543. The molecule has 5 aliphatic carbocycles. The molecule has 0 radical (unpaired) electrons. The Morgan fingerprint density at radius 2 is 1.17 bits per heavy atom. The largest absolute Gasteiger partial charge is 0.462 e. The quantitative estimate of drug-likeness (QED) is 0.234. The zero-order valence-corrected chi connectivity index (χ0v) is 27.1. The molecule has 2 aromatic heterocycles. The number of carbonyl (C=O) groups excluding carboxylic acids is 2. The van der Waals surface area contributed by atoms with E-state index in [0.29, 0.717) is 29.4 Å². The van der Waals surface area contributed by atoms with Gasteiger partial charge in [-0.15, -0.1) is 10.2 Å². The molecule has 9 rings (SSSR count). The van der Waals surface area contributed by atoms with Crippen molar-refractivity contribution in [1.82, 2.24) is 40.4 Å². The molecule has 12 nitrogen and oxygen atoms in total. The van der Waals surface area contributed by atoms with Crippen LogP contribution < -0.4 is 0 Å². The second kappa shape index (κ2) is 13.3. The van der Waals surface area contributed by atoms with Gasteiger partial charge in [0, 0.05) is 30.6 Å². The molecule has 12 heteroatoms. The van der Waals surface area contributed by atoms with Crippen molar-refractivity contribution in [2.45, 2.75) is 76.7 Å². The van der Waals surface area contributed by atoms with Crippen molar-refractivity contribution in [3.8, 4) is 22.8 Å². The Hall–Kier alpha value is -4.48. The van der Waals surface area contributed by atoms with Gasteiger partial charge in [0.15, 0.2) is 11.6 Å². The lowest BCUT2D eigenvalue weighted by molar-refractivity contribution is -0.0848. The average molecular weight is 639 g/mol. The molecule has 5 aliphatic rings. The maximum atomic E-state index is 12.5. The van der Waals surface area contributed by atoms with Gasteiger partial charge >= 0.3 is 11.9 Å². The first-order valence-corrected chi connectivity index (χ1v) is 16.9. The maximum Gasteiger partial charge on any atom is 0.338 e. The van der Waals surface area contributed by atoms with E-state index in [1.165, 1.54) is 44.9 Å². The molecule has 0 unspecified atom stereocenters. The van der Waals surface area contributed by atoms with Crippen molar-refractivity contribution in [2.24, 2.45) is 37.3 Å². The number of esters is 2. The Morgan fingerprint density at radius 1 is 0.702 bits per heavy atom. The third-order valence-electron chi connectivity index (χ3n) is 10.5. The highest BCUT2D eigenvalue weighted by atomic mass is 16.5. The fourth-order valence-corrected chi connectivity index (χ4v) is 8.63. The highest BCUT2D eigenvalue weighted by Gasteiger charge is 2.51. The molecule has 0 atom stereocenters. The zero-order chi connectivity index (χ0) is 32.4. The number of hydrogen-bond acceptors (Lipinski definition) is 10. The highest BCUT2D eigenvalue weighted by molar-refractivity contribution is 5.90. The Bertz CT molecular complexity index is 1660. The number of rotatable bonds is 7.